The number of hydrogen-bond donors (Lipinski definition) is 1. The van der Waals surface area contributed by atoms with Gasteiger partial charge in [0.15, 0.2) is 0 Å². The summed E-state index contributed by atoms with van der Waals surface area (Å²) in [5, 5.41) is 4.79. The van der Waals surface area contributed by atoms with Crippen LogP contribution < -0.4 is 5.32 Å². The maximum Gasteiger partial charge on any atom is 0.203 e. The Morgan fingerprint density at radius 2 is 2.10 bits per heavy atom. The van der Waals surface area contributed by atoms with Gasteiger partial charge in [-0.05, 0) is 44.4 Å². The molecule has 0 bridgehead atoms. The molecule has 1 aliphatic rings. The summed E-state index contributed by atoms with van der Waals surface area (Å²) >= 11 is 12.2. The van der Waals surface area contributed by atoms with Crippen LogP contribution in [0.5, 0.6) is 0 Å². The SMILES string of the molecule is Cc1cn(C2CC2)c(NC(C)c2ccc(Cl)cc2Cl)n1. The lowest BCUT2D eigenvalue weighted by atomic mass is 10.1. The monoisotopic (exact) mass is 309 g/mol. The van der Waals surface area contributed by atoms with Crippen LogP contribution in [0.25, 0.3) is 0 Å². The number of benzene rings is 1. The van der Waals surface area contributed by atoms with E-state index in [1.165, 1.54) is 12.8 Å². The topological polar surface area (TPSA) is 29.9 Å². The van der Waals surface area contributed by atoms with Crippen LogP contribution in [-0.2, 0) is 0 Å². The number of nitrogens with one attached hydrogen (secondary N) is 1. The van der Waals surface area contributed by atoms with E-state index in [4.69, 9.17) is 23.2 Å². The molecular weight excluding hydrogens is 293 g/mol. The van der Waals surface area contributed by atoms with E-state index in [-0.39, 0.29) is 6.04 Å². The molecule has 2 aromatic rings. The average molecular weight is 310 g/mol. The summed E-state index contributed by atoms with van der Waals surface area (Å²) < 4.78 is 2.23. The molecule has 1 N–H and O–H groups in total. The molecule has 1 fully saturated rings. The van der Waals surface area contributed by atoms with Gasteiger partial charge in [-0.15, -0.1) is 0 Å². The van der Waals surface area contributed by atoms with E-state index >= 15 is 0 Å². The predicted molar refractivity (Wildman–Crippen MR) is 83.7 cm³/mol. The summed E-state index contributed by atoms with van der Waals surface area (Å²) in [7, 11) is 0. The van der Waals surface area contributed by atoms with Crippen molar-refractivity contribution in [1.82, 2.24) is 9.55 Å². The van der Waals surface area contributed by atoms with E-state index < -0.39 is 0 Å². The Hall–Kier alpha value is -1.19. The second-order valence-electron chi connectivity index (χ2n) is 5.38. The molecule has 1 atom stereocenters. The van der Waals surface area contributed by atoms with Crippen molar-refractivity contribution in [3.8, 4) is 0 Å². The third kappa shape index (κ3) is 2.79. The van der Waals surface area contributed by atoms with Gasteiger partial charge in [0.05, 0.1) is 11.7 Å². The zero-order valence-corrected chi connectivity index (χ0v) is 13.0. The minimum atomic E-state index is 0.0825. The molecule has 0 aliphatic heterocycles. The van der Waals surface area contributed by atoms with Crippen molar-refractivity contribution in [3.63, 3.8) is 0 Å². The highest BCUT2D eigenvalue weighted by Gasteiger charge is 2.26. The highest BCUT2D eigenvalue weighted by atomic mass is 35.5. The number of nitrogens with zero attached hydrogens (tertiary/aromatic N) is 2. The van der Waals surface area contributed by atoms with Crippen LogP contribution in [0.2, 0.25) is 10.0 Å². The molecule has 3 nitrogen and oxygen atoms in total. The Labute approximate surface area is 128 Å². The second kappa shape index (κ2) is 5.30. The Kier molecular flexibility index (Phi) is 3.65. The second-order valence-corrected chi connectivity index (χ2v) is 6.22. The summed E-state index contributed by atoms with van der Waals surface area (Å²) in [5.41, 5.74) is 2.06. The number of anilines is 1. The summed E-state index contributed by atoms with van der Waals surface area (Å²) in [5.74, 6) is 0.920. The van der Waals surface area contributed by atoms with Gasteiger partial charge in [-0.1, -0.05) is 29.3 Å². The molecule has 0 saturated heterocycles. The van der Waals surface area contributed by atoms with Gasteiger partial charge in [-0.3, -0.25) is 0 Å². The summed E-state index contributed by atoms with van der Waals surface area (Å²) in [6, 6.07) is 6.28. The maximum atomic E-state index is 6.26. The fourth-order valence-corrected chi connectivity index (χ4v) is 2.95. The van der Waals surface area contributed by atoms with Gasteiger partial charge in [0, 0.05) is 22.3 Å². The molecule has 1 aliphatic carbocycles. The Morgan fingerprint density at radius 3 is 2.75 bits per heavy atom. The Balaban J connectivity index is 1.83. The number of hydrogen-bond acceptors (Lipinski definition) is 2. The van der Waals surface area contributed by atoms with Crippen molar-refractivity contribution >= 4 is 29.2 Å². The van der Waals surface area contributed by atoms with E-state index in [1.54, 1.807) is 6.07 Å². The lowest BCUT2D eigenvalue weighted by Gasteiger charge is -2.17. The van der Waals surface area contributed by atoms with Crippen molar-refractivity contribution in [3.05, 3.63) is 45.7 Å². The minimum absolute atomic E-state index is 0.0825. The molecule has 0 radical (unpaired) electrons. The third-order valence-corrected chi connectivity index (χ3v) is 4.13. The Morgan fingerprint density at radius 1 is 1.35 bits per heavy atom. The zero-order chi connectivity index (χ0) is 14.3. The van der Waals surface area contributed by atoms with Gasteiger partial charge in [-0.25, -0.2) is 4.98 Å². The van der Waals surface area contributed by atoms with Crippen molar-refractivity contribution in [2.24, 2.45) is 0 Å². The van der Waals surface area contributed by atoms with Gasteiger partial charge in [-0.2, -0.15) is 0 Å². The maximum absolute atomic E-state index is 6.26. The van der Waals surface area contributed by atoms with Gasteiger partial charge in [0.25, 0.3) is 0 Å². The third-order valence-electron chi connectivity index (χ3n) is 3.57. The standard InChI is InChI=1S/C15H17Cl2N3/c1-9-8-20(12-4-5-12)15(18-9)19-10(2)13-6-3-11(16)7-14(13)17/h3,6-8,10,12H,4-5H2,1-2H3,(H,18,19). The van der Waals surface area contributed by atoms with E-state index in [0.717, 1.165) is 17.2 Å². The number of imidazole rings is 1. The number of halogens is 2. The quantitative estimate of drug-likeness (QED) is 0.860. The summed E-state index contributed by atoms with van der Waals surface area (Å²) in [6.45, 7) is 4.10. The first kappa shape index (κ1) is 13.8. The first-order valence-electron chi connectivity index (χ1n) is 6.81. The van der Waals surface area contributed by atoms with Crippen LogP contribution in [0.3, 0.4) is 0 Å². The highest BCUT2D eigenvalue weighted by molar-refractivity contribution is 6.35. The molecule has 1 saturated carbocycles. The molecule has 20 heavy (non-hydrogen) atoms. The highest BCUT2D eigenvalue weighted by Crippen LogP contribution is 2.38. The van der Waals surface area contributed by atoms with E-state index in [0.29, 0.717) is 16.1 Å². The normalized spacial score (nSPS) is 16.2. The fraction of sp³-hybridized carbons (Fsp3) is 0.400. The van der Waals surface area contributed by atoms with Crippen molar-refractivity contribution in [2.45, 2.75) is 38.8 Å². The predicted octanol–water partition coefficient (Wildman–Crippen LogP) is 5.01. The summed E-state index contributed by atoms with van der Waals surface area (Å²) in [4.78, 5) is 4.57. The number of aromatic nitrogens is 2. The minimum Gasteiger partial charge on any atom is -0.349 e. The van der Waals surface area contributed by atoms with Gasteiger partial charge in [0.2, 0.25) is 5.95 Å². The lowest BCUT2D eigenvalue weighted by molar-refractivity contribution is 0.727. The molecule has 0 amide bonds. The van der Waals surface area contributed by atoms with Crippen LogP contribution in [0.1, 0.15) is 43.1 Å². The average Bonchev–Trinajstić information content (AvgIpc) is 3.14. The molecule has 1 aromatic carbocycles. The fourth-order valence-electron chi connectivity index (χ4n) is 2.38. The van der Waals surface area contributed by atoms with Gasteiger partial charge < -0.3 is 9.88 Å². The van der Waals surface area contributed by atoms with Crippen LogP contribution in [-0.4, -0.2) is 9.55 Å². The van der Waals surface area contributed by atoms with Crippen LogP contribution in [0.4, 0.5) is 5.95 Å². The number of rotatable bonds is 4. The smallest absolute Gasteiger partial charge is 0.203 e. The first-order chi connectivity index (χ1) is 9.54. The summed E-state index contributed by atoms with van der Waals surface area (Å²) in [6.07, 6.45) is 4.58. The van der Waals surface area contributed by atoms with Crippen LogP contribution in [0.15, 0.2) is 24.4 Å². The molecule has 106 valence electrons. The van der Waals surface area contributed by atoms with Crippen LogP contribution in [0, 0.1) is 6.92 Å². The Bertz CT molecular complexity index is 632. The zero-order valence-electron chi connectivity index (χ0n) is 11.5. The van der Waals surface area contributed by atoms with Crippen molar-refractivity contribution in [2.75, 3.05) is 5.32 Å². The van der Waals surface area contributed by atoms with Crippen molar-refractivity contribution in [1.29, 1.82) is 0 Å². The van der Waals surface area contributed by atoms with E-state index in [9.17, 15) is 0 Å². The molecule has 1 heterocycles. The van der Waals surface area contributed by atoms with Gasteiger partial charge >= 0.3 is 0 Å². The van der Waals surface area contributed by atoms with Gasteiger partial charge in [0.1, 0.15) is 0 Å². The molecule has 5 heteroatoms. The first-order valence-corrected chi connectivity index (χ1v) is 7.57. The van der Waals surface area contributed by atoms with Crippen LogP contribution >= 0.6 is 23.2 Å². The molecule has 1 unspecified atom stereocenters. The largest absolute Gasteiger partial charge is 0.349 e. The molecule has 1 aromatic heterocycles. The molecule has 3 rings (SSSR count). The van der Waals surface area contributed by atoms with E-state index in [1.807, 2.05) is 19.1 Å². The number of aryl methyl sites for hydroxylation is 1. The molecule has 0 spiro atoms. The van der Waals surface area contributed by atoms with Crippen molar-refractivity contribution < 1.29 is 0 Å². The van der Waals surface area contributed by atoms with E-state index in [2.05, 4.69) is 28.0 Å². The lowest BCUT2D eigenvalue weighted by Crippen LogP contribution is -2.11. The molecular formula is C15H17Cl2N3.